The minimum atomic E-state index is -0.0434. The molecular formula is C17H33NO. The van der Waals surface area contributed by atoms with Gasteiger partial charge >= 0.3 is 0 Å². The van der Waals surface area contributed by atoms with Crippen LogP contribution in [0.25, 0.3) is 0 Å². The maximum atomic E-state index is 10.3. The highest BCUT2D eigenvalue weighted by molar-refractivity contribution is 4.85. The highest BCUT2D eigenvalue weighted by Gasteiger charge is 2.33. The van der Waals surface area contributed by atoms with Gasteiger partial charge in [0.25, 0.3) is 0 Å². The molecule has 0 aromatic heterocycles. The Morgan fingerprint density at radius 3 is 2.74 bits per heavy atom. The summed E-state index contributed by atoms with van der Waals surface area (Å²) >= 11 is 0. The second-order valence-electron chi connectivity index (χ2n) is 7.80. The first kappa shape index (κ1) is 15.3. The maximum absolute atomic E-state index is 10.3. The van der Waals surface area contributed by atoms with Gasteiger partial charge in [0.2, 0.25) is 0 Å². The standard InChI is InChI=1S/C17H33NO/c1-4-6-14-7-8-16(19)15(11-14)12-18-10-5-9-17(2,3)13-18/h14-16,19H,4-13H2,1-3H3. The van der Waals surface area contributed by atoms with Crippen molar-refractivity contribution in [3.8, 4) is 0 Å². The van der Waals surface area contributed by atoms with Crippen LogP contribution in [0.5, 0.6) is 0 Å². The monoisotopic (exact) mass is 267 g/mol. The van der Waals surface area contributed by atoms with Crippen molar-refractivity contribution in [3.63, 3.8) is 0 Å². The number of hydrogen-bond acceptors (Lipinski definition) is 2. The van der Waals surface area contributed by atoms with Gasteiger partial charge in [0, 0.05) is 13.1 Å². The third-order valence-electron chi connectivity index (χ3n) is 5.22. The van der Waals surface area contributed by atoms with Gasteiger partial charge in [-0.25, -0.2) is 0 Å². The van der Waals surface area contributed by atoms with E-state index in [2.05, 4.69) is 25.7 Å². The first-order valence-corrected chi connectivity index (χ1v) is 8.40. The molecule has 0 spiro atoms. The van der Waals surface area contributed by atoms with Crippen molar-refractivity contribution in [2.45, 2.75) is 71.8 Å². The van der Waals surface area contributed by atoms with E-state index in [4.69, 9.17) is 0 Å². The second-order valence-corrected chi connectivity index (χ2v) is 7.80. The number of nitrogens with zero attached hydrogens (tertiary/aromatic N) is 1. The number of aliphatic hydroxyl groups excluding tert-OH is 1. The van der Waals surface area contributed by atoms with E-state index >= 15 is 0 Å². The van der Waals surface area contributed by atoms with Crippen LogP contribution in [0.2, 0.25) is 0 Å². The topological polar surface area (TPSA) is 23.5 Å². The average Bonchev–Trinajstić information content (AvgIpc) is 2.32. The Morgan fingerprint density at radius 1 is 1.26 bits per heavy atom. The van der Waals surface area contributed by atoms with Crippen LogP contribution in [0.15, 0.2) is 0 Å². The van der Waals surface area contributed by atoms with Crippen LogP contribution in [0.4, 0.5) is 0 Å². The van der Waals surface area contributed by atoms with Crippen LogP contribution in [0.1, 0.15) is 65.7 Å². The summed E-state index contributed by atoms with van der Waals surface area (Å²) in [5.41, 5.74) is 0.473. The molecule has 2 heteroatoms. The summed E-state index contributed by atoms with van der Waals surface area (Å²) in [6, 6.07) is 0. The van der Waals surface area contributed by atoms with Crippen molar-refractivity contribution in [2.75, 3.05) is 19.6 Å². The summed E-state index contributed by atoms with van der Waals surface area (Å²) in [5, 5.41) is 10.3. The molecule has 1 aliphatic heterocycles. The van der Waals surface area contributed by atoms with Crippen molar-refractivity contribution < 1.29 is 5.11 Å². The van der Waals surface area contributed by atoms with Crippen LogP contribution in [0.3, 0.4) is 0 Å². The van der Waals surface area contributed by atoms with Gasteiger partial charge in [-0.2, -0.15) is 0 Å². The molecule has 19 heavy (non-hydrogen) atoms. The molecule has 0 amide bonds. The Kier molecular flexibility index (Phi) is 5.30. The molecule has 1 saturated heterocycles. The molecule has 1 saturated carbocycles. The highest BCUT2D eigenvalue weighted by atomic mass is 16.3. The molecule has 3 atom stereocenters. The van der Waals surface area contributed by atoms with Crippen molar-refractivity contribution in [1.82, 2.24) is 4.90 Å². The number of rotatable bonds is 4. The normalized spacial score (nSPS) is 36.3. The van der Waals surface area contributed by atoms with Gasteiger partial charge in [0.1, 0.15) is 0 Å². The largest absolute Gasteiger partial charge is 0.393 e. The quantitative estimate of drug-likeness (QED) is 0.840. The van der Waals surface area contributed by atoms with Crippen LogP contribution in [0, 0.1) is 17.3 Å². The average molecular weight is 267 g/mol. The van der Waals surface area contributed by atoms with Crippen LogP contribution in [-0.4, -0.2) is 35.7 Å². The fraction of sp³-hybridized carbons (Fsp3) is 1.00. The first-order chi connectivity index (χ1) is 9.00. The summed E-state index contributed by atoms with van der Waals surface area (Å²) in [6.45, 7) is 10.6. The fourth-order valence-electron chi connectivity index (χ4n) is 4.24. The smallest absolute Gasteiger partial charge is 0.0580 e. The van der Waals surface area contributed by atoms with Gasteiger partial charge in [-0.15, -0.1) is 0 Å². The molecule has 2 aliphatic rings. The predicted octanol–water partition coefficient (Wildman–Crippen LogP) is 3.69. The third-order valence-corrected chi connectivity index (χ3v) is 5.22. The van der Waals surface area contributed by atoms with Crippen molar-refractivity contribution in [1.29, 1.82) is 0 Å². The van der Waals surface area contributed by atoms with Gasteiger partial charge in [0.05, 0.1) is 6.10 Å². The van der Waals surface area contributed by atoms with Gasteiger partial charge < -0.3 is 10.0 Å². The first-order valence-electron chi connectivity index (χ1n) is 8.40. The summed E-state index contributed by atoms with van der Waals surface area (Å²) in [4.78, 5) is 2.62. The van der Waals surface area contributed by atoms with Gasteiger partial charge in [-0.05, 0) is 55.9 Å². The lowest BCUT2D eigenvalue weighted by Crippen LogP contribution is -2.45. The molecule has 0 aromatic rings. The lowest BCUT2D eigenvalue weighted by atomic mass is 9.76. The molecule has 1 heterocycles. The molecule has 2 fully saturated rings. The molecule has 1 aliphatic carbocycles. The summed E-state index contributed by atoms with van der Waals surface area (Å²) in [6.07, 6.45) is 8.83. The lowest BCUT2D eigenvalue weighted by Gasteiger charge is -2.42. The van der Waals surface area contributed by atoms with E-state index in [1.165, 1.54) is 51.6 Å². The zero-order valence-corrected chi connectivity index (χ0v) is 13.2. The van der Waals surface area contributed by atoms with E-state index in [-0.39, 0.29) is 6.10 Å². The summed E-state index contributed by atoms with van der Waals surface area (Å²) in [5.74, 6) is 1.40. The number of likely N-dealkylation sites (tertiary alicyclic amines) is 1. The van der Waals surface area contributed by atoms with Crippen LogP contribution < -0.4 is 0 Å². The molecule has 0 radical (unpaired) electrons. The minimum absolute atomic E-state index is 0.0434. The van der Waals surface area contributed by atoms with Crippen LogP contribution >= 0.6 is 0 Å². The minimum Gasteiger partial charge on any atom is -0.393 e. The second kappa shape index (κ2) is 6.58. The van der Waals surface area contributed by atoms with Crippen molar-refractivity contribution >= 4 is 0 Å². The van der Waals surface area contributed by atoms with Gasteiger partial charge in [0.15, 0.2) is 0 Å². The van der Waals surface area contributed by atoms with Crippen LogP contribution in [-0.2, 0) is 0 Å². The molecule has 3 unspecified atom stereocenters. The molecule has 1 N–H and O–H groups in total. The Labute approximate surface area is 119 Å². The molecule has 2 nitrogen and oxygen atoms in total. The maximum Gasteiger partial charge on any atom is 0.0580 e. The van der Waals surface area contributed by atoms with E-state index < -0.39 is 0 Å². The molecule has 2 rings (SSSR count). The fourth-order valence-corrected chi connectivity index (χ4v) is 4.24. The number of hydrogen-bond donors (Lipinski definition) is 1. The van der Waals surface area contributed by atoms with Crippen molar-refractivity contribution in [3.05, 3.63) is 0 Å². The molecule has 112 valence electrons. The van der Waals surface area contributed by atoms with E-state index in [1.54, 1.807) is 0 Å². The molecular weight excluding hydrogens is 234 g/mol. The van der Waals surface area contributed by atoms with E-state index in [9.17, 15) is 5.11 Å². The highest BCUT2D eigenvalue weighted by Crippen LogP contribution is 2.35. The van der Waals surface area contributed by atoms with Gasteiger partial charge in [-0.3, -0.25) is 0 Å². The Balaban J connectivity index is 1.85. The van der Waals surface area contributed by atoms with E-state index in [1.807, 2.05) is 0 Å². The number of piperidine rings is 1. The summed E-state index contributed by atoms with van der Waals surface area (Å²) < 4.78 is 0. The zero-order valence-electron chi connectivity index (χ0n) is 13.2. The molecule has 0 aromatic carbocycles. The Bertz CT molecular complexity index is 276. The predicted molar refractivity (Wildman–Crippen MR) is 81.2 cm³/mol. The molecule has 0 bridgehead atoms. The SMILES string of the molecule is CCCC1CCC(O)C(CN2CCCC(C)(C)C2)C1. The van der Waals surface area contributed by atoms with E-state index in [0.717, 1.165) is 18.9 Å². The third kappa shape index (κ3) is 4.46. The van der Waals surface area contributed by atoms with E-state index in [0.29, 0.717) is 11.3 Å². The Morgan fingerprint density at radius 2 is 2.05 bits per heavy atom. The zero-order chi connectivity index (χ0) is 13.9. The summed E-state index contributed by atoms with van der Waals surface area (Å²) in [7, 11) is 0. The van der Waals surface area contributed by atoms with Crippen molar-refractivity contribution in [2.24, 2.45) is 17.3 Å². The lowest BCUT2D eigenvalue weighted by molar-refractivity contribution is 0.00974. The Hall–Kier alpha value is -0.0800. The van der Waals surface area contributed by atoms with Gasteiger partial charge in [-0.1, -0.05) is 33.6 Å². The number of aliphatic hydroxyl groups is 1.